The summed E-state index contributed by atoms with van der Waals surface area (Å²) >= 11 is 0. The predicted octanol–water partition coefficient (Wildman–Crippen LogP) is 3.26. The molecule has 0 bridgehead atoms. The van der Waals surface area contributed by atoms with Crippen LogP contribution in [0.25, 0.3) is 0 Å². The van der Waals surface area contributed by atoms with Crippen LogP contribution >= 0.6 is 0 Å². The Morgan fingerprint density at radius 3 is 2.83 bits per heavy atom. The van der Waals surface area contributed by atoms with Crippen LogP contribution < -0.4 is 4.74 Å². The molecule has 1 N–H and O–H groups in total. The van der Waals surface area contributed by atoms with Crippen LogP contribution in [0.1, 0.15) is 31.7 Å². The molecule has 98 valence electrons. The lowest BCUT2D eigenvalue weighted by Crippen LogP contribution is -2.38. The number of ether oxygens (including phenoxy) is 1. The molecule has 0 radical (unpaired) electrons. The zero-order chi connectivity index (χ0) is 13.1. The van der Waals surface area contributed by atoms with Crippen molar-refractivity contribution >= 4 is 5.97 Å². The smallest absolute Gasteiger partial charge is 0.310 e. The zero-order valence-corrected chi connectivity index (χ0v) is 10.9. The average Bonchev–Trinajstić information content (AvgIpc) is 2.28. The van der Waals surface area contributed by atoms with Crippen molar-refractivity contribution in [1.29, 1.82) is 0 Å². The van der Waals surface area contributed by atoms with E-state index in [-0.39, 0.29) is 12.0 Å². The maximum absolute atomic E-state index is 11.2. The van der Waals surface area contributed by atoms with Gasteiger partial charge < -0.3 is 9.84 Å². The van der Waals surface area contributed by atoms with Gasteiger partial charge in [0.25, 0.3) is 0 Å². The summed E-state index contributed by atoms with van der Waals surface area (Å²) in [7, 11) is 0. The molecule has 0 spiro atoms. The van der Waals surface area contributed by atoms with Crippen molar-refractivity contribution in [2.24, 2.45) is 11.8 Å². The number of carbonyl (C=O) groups is 1. The lowest BCUT2D eigenvalue weighted by Gasteiger charge is -2.32. The van der Waals surface area contributed by atoms with Crippen molar-refractivity contribution < 1.29 is 14.6 Å². The molecule has 1 saturated carbocycles. The summed E-state index contributed by atoms with van der Waals surface area (Å²) in [6.45, 7) is 4.16. The van der Waals surface area contributed by atoms with Crippen LogP contribution in [0.3, 0.4) is 0 Å². The van der Waals surface area contributed by atoms with Gasteiger partial charge in [-0.2, -0.15) is 0 Å². The number of aryl methyl sites for hydroxylation is 1. The van der Waals surface area contributed by atoms with Crippen LogP contribution in [0, 0.1) is 18.8 Å². The SMILES string of the molecule is Cc1cccc(OC2CC(C)CCC2C(=O)O)c1. The molecule has 1 aromatic rings. The fraction of sp³-hybridized carbons (Fsp3) is 0.533. The number of aliphatic carboxylic acids is 1. The molecule has 1 aromatic carbocycles. The molecule has 18 heavy (non-hydrogen) atoms. The standard InChI is InChI=1S/C15H20O3/c1-10-4-3-5-12(8-10)18-14-9-11(2)6-7-13(14)15(16)17/h3-5,8,11,13-14H,6-7,9H2,1-2H3,(H,16,17). The van der Waals surface area contributed by atoms with Gasteiger partial charge in [-0.15, -0.1) is 0 Å². The van der Waals surface area contributed by atoms with Crippen molar-refractivity contribution in [3.05, 3.63) is 29.8 Å². The number of carboxylic acids is 1. The third-order valence-corrected chi connectivity index (χ3v) is 3.65. The first-order valence-electron chi connectivity index (χ1n) is 6.52. The molecule has 3 unspecified atom stereocenters. The van der Waals surface area contributed by atoms with Crippen LogP contribution in [0.15, 0.2) is 24.3 Å². The van der Waals surface area contributed by atoms with Crippen molar-refractivity contribution in [3.63, 3.8) is 0 Å². The van der Waals surface area contributed by atoms with Crippen LogP contribution in [-0.2, 0) is 4.79 Å². The number of rotatable bonds is 3. The molecule has 0 saturated heterocycles. The molecule has 3 atom stereocenters. The lowest BCUT2D eigenvalue weighted by molar-refractivity contribution is -0.147. The highest BCUT2D eigenvalue weighted by molar-refractivity contribution is 5.71. The van der Waals surface area contributed by atoms with E-state index >= 15 is 0 Å². The lowest BCUT2D eigenvalue weighted by atomic mass is 9.80. The molecule has 3 nitrogen and oxygen atoms in total. The molecular weight excluding hydrogens is 228 g/mol. The summed E-state index contributed by atoms with van der Waals surface area (Å²) in [5, 5.41) is 9.25. The van der Waals surface area contributed by atoms with Gasteiger partial charge in [-0.25, -0.2) is 0 Å². The van der Waals surface area contributed by atoms with E-state index < -0.39 is 5.97 Å². The van der Waals surface area contributed by atoms with Crippen molar-refractivity contribution in [2.75, 3.05) is 0 Å². The third kappa shape index (κ3) is 3.03. The van der Waals surface area contributed by atoms with Gasteiger partial charge in [-0.1, -0.05) is 19.1 Å². The van der Waals surface area contributed by atoms with Crippen molar-refractivity contribution in [1.82, 2.24) is 0 Å². The van der Waals surface area contributed by atoms with Crippen LogP contribution in [0.2, 0.25) is 0 Å². The molecule has 1 aliphatic rings. The summed E-state index contributed by atoms with van der Waals surface area (Å²) in [6.07, 6.45) is 2.32. The fourth-order valence-corrected chi connectivity index (χ4v) is 2.60. The van der Waals surface area contributed by atoms with Gasteiger partial charge in [-0.05, 0) is 49.8 Å². The molecule has 0 aromatic heterocycles. The summed E-state index contributed by atoms with van der Waals surface area (Å²) in [4.78, 5) is 11.2. The van der Waals surface area contributed by atoms with E-state index in [4.69, 9.17) is 4.74 Å². The van der Waals surface area contributed by atoms with Crippen LogP contribution in [-0.4, -0.2) is 17.2 Å². The summed E-state index contributed by atoms with van der Waals surface area (Å²) in [5.74, 6) is 0.206. The highest BCUT2D eigenvalue weighted by atomic mass is 16.5. The van der Waals surface area contributed by atoms with E-state index in [0.29, 0.717) is 12.3 Å². The Balaban J connectivity index is 2.11. The number of hydrogen-bond acceptors (Lipinski definition) is 2. The normalized spacial score (nSPS) is 27.8. The van der Waals surface area contributed by atoms with Gasteiger partial charge in [0.2, 0.25) is 0 Å². The van der Waals surface area contributed by atoms with Gasteiger partial charge in [0, 0.05) is 0 Å². The monoisotopic (exact) mass is 248 g/mol. The maximum Gasteiger partial charge on any atom is 0.310 e. The Morgan fingerprint density at radius 2 is 2.17 bits per heavy atom. The molecule has 0 heterocycles. The first kappa shape index (κ1) is 12.9. The molecular formula is C15H20O3. The molecule has 3 heteroatoms. The first-order chi connectivity index (χ1) is 8.56. The van der Waals surface area contributed by atoms with Crippen molar-refractivity contribution in [2.45, 2.75) is 39.2 Å². The van der Waals surface area contributed by atoms with Gasteiger partial charge in [0.1, 0.15) is 11.9 Å². The van der Waals surface area contributed by atoms with Gasteiger partial charge in [-0.3, -0.25) is 4.79 Å². The Kier molecular flexibility index (Phi) is 3.90. The van der Waals surface area contributed by atoms with E-state index in [2.05, 4.69) is 6.92 Å². The van der Waals surface area contributed by atoms with Crippen LogP contribution in [0.4, 0.5) is 0 Å². The molecule has 1 fully saturated rings. The largest absolute Gasteiger partial charge is 0.490 e. The van der Waals surface area contributed by atoms with Crippen LogP contribution in [0.5, 0.6) is 5.75 Å². The summed E-state index contributed by atoms with van der Waals surface area (Å²) in [6, 6.07) is 7.79. The minimum Gasteiger partial charge on any atom is -0.490 e. The molecule has 0 aliphatic heterocycles. The average molecular weight is 248 g/mol. The van der Waals surface area contributed by atoms with Crippen molar-refractivity contribution in [3.8, 4) is 5.75 Å². The van der Waals surface area contributed by atoms with Gasteiger partial charge in [0.05, 0.1) is 5.92 Å². The quantitative estimate of drug-likeness (QED) is 0.893. The van der Waals surface area contributed by atoms with E-state index in [0.717, 1.165) is 24.2 Å². The summed E-state index contributed by atoms with van der Waals surface area (Å²) in [5.41, 5.74) is 1.13. The Labute approximate surface area is 108 Å². The number of carboxylic acid groups (broad SMARTS) is 1. The highest BCUT2D eigenvalue weighted by Gasteiger charge is 2.35. The van der Waals surface area contributed by atoms with E-state index in [9.17, 15) is 9.90 Å². The Morgan fingerprint density at radius 1 is 1.39 bits per heavy atom. The maximum atomic E-state index is 11.2. The third-order valence-electron chi connectivity index (χ3n) is 3.65. The minimum absolute atomic E-state index is 0.201. The van der Waals surface area contributed by atoms with Gasteiger partial charge >= 0.3 is 5.97 Å². The second kappa shape index (κ2) is 5.42. The fourth-order valence-electron chi connectivity index (χ4n) is 2.60. The topological polar surface area (TPSA) is 46.5 Å². The predicted molar refractivity (Wildman–Crippen MR) is 69.7 cm³/mol. The molecule has 0 amide bonds. The second-order valence-electron chi connectivity index (χ2n) is 5.34. The minimum atomic E-state index is -0.737. The Bertz CT molecular complexity index is 428. The molecule has 1 aliphatic carbocycles. The number of benzene rings is 1. The summed E-state index contributed by atoms with van der Waals surface area (Å²) < 4.78 is 5.90. The van der Waals surface area contributed by atoms with Gasteiger partial charge in [0.15, 0.2) is 0 Å². The van der Waals surface area contributed by atoms with E-state index in [1.54, 1.807) is 0 Å². The second-order valence-corrected chi connectivity index (χ2v) is 5.34. The number of hydrogen-bond donors (Lipinski definition) is 1. The molecule has 2 rings (SSSR count). The first-order valence-corrected chi connectivity index (χ1v) is 6.52. The Hall–Kier alpha value is -1.51. The zero-order valence-electron chi connectivity index (χ0n) is 10.9. The highest BCUT2D eigenvalue weighted by Crippen LogP contribution is 2.32. The van der Waals surface area contributed by atoms with E-state index in [1.165, 1.54) is 0 Å². The van der Waals surface area contributed by atoms with E-state index in [1.807, 2.05) is 31.2 Å².